The molecule has 9 rings (SSSR count). The highest BCUT2D eigenvalue weighted by molar-refractivity contribution is 8.00. The predicted octanol–water partition coefficient (Wildman–Crippen LogP) is 18.4. The molecule has 0 aromatic heterocycles. The second-order valence-electron chi connectivity index (χ2n) is 17.0. The summed E-state index contributed by atoms with van der Waals surface area (Å²) in [5.41, 5.74) is 11.8. The van der Waals surface area contributed by atoms with Crippen LogP contribution >= 0.6 is 93.3 Å². The van der Waals surface area contributed by atoms with Crippen molar-refractivity contribution in [2.45, 2.75) is 55.9 Å². The molecule has 0 aliphatic carbocycles. The molecule has 8 N–H and O–H groups in total. The van der Waals surface area contributed by atoms with Crippen LogP contribution in [0.3, 0.4) is 0 Å². The maximum absolute atomic E-state index is 11.2. The fraction of sp³-hybridized carbons (Fsp3) is 0.0690. The van der Waals surface area contributed by atoms with E-state index >= 15 is 0 Å². The number of phenolic OH excluding ortho intramolecular Hbond substituents is 3. The van der Waals surface area contributed by atoms with Gasteiger partial charge >= 0.3 is 0 Å². The summed E-state index contributed by atoms with van der Waals surface area (Å²) in [6.45, 7) is 3.12. The number of non-ortho nitro benzene ring substituents is 2. The molecule has 0 saturated carbocycles. The van der Waals surface area contributed by atoms with Crippen molar-refractivity contribution in [3.63, 3.8) is 0 Å². The van der Waals surface area contributed by atoms with Gasteiger partial charge in [0.15, 0.2) is 0 Å². The van der Waals surface area contributed by atoms with Crippen molar-refractivity contribution < 1.29 is 25.2 Å². The third-order valence-corrected chi connectivity index (χ3v) is 15.8. The average molecular weight is 1210 g/mol. The second kappa shape index (κ2) is 28.7. The first-order valence-electron chi connectivity index (χ1n) is 23.6. The minimum absolute atomic E-state index is 0.00238. The molecule has 13 nitrogen and oxygen atoms in total. The number of anilines is 4. The van der Waals surface area contributed by atoms with E-state index in [0.29, 0.717) is 61.0 Å². The largest absolute Gasteiger partial charge is 0.506 e. The Hall–Kier alpha value is -7.12. The minimum atomic E-state index is -0.433. The van der Waals surface area contributed by atoms with Crippen molar-refractivity contribution in [2.24, 2.45) is 0 Å². The zero-order valence-corrected chi connectivity index (χ0v) is 47.7. The van der Waals surface area contributed by atoms with Crippen molar-refractivity contribution in [1.29, 1.82) is 0 Å². The number of nitrogens with one attached hydrogen (secondary N) is 3. The number of rotatable bonds is 17. The van der Waals surface area contributed by atoms with Crippen LogP contribution in [0, 0.1) is 27.2 Å². The van der Waals surface area contributed by atoms with E-state index in [2.05, 4.69) is 16.0 Å². The molecule has 0 atom stereocenters. The first kappa shape index (κ1) is 59.5. The Bertz CT molecular complexity index is 3430. The summed E-state index contributed by atoms with van der Waals surface area (Å²) in [4.78, 5) is 27.4. The third kappa shape index (κ3) is 18.2. The van der Waals surface area contributed by atoms with Crippen molar-refractivity contribution in [1.82, 2.24) is 0 Å². The molecule has 0 saturated heterocycles. The lowest BCUT2D eigenvalue weighted by atomic mass is 10.2. The van der Waals surface area contributed by atoms with E-state index in [-0.39, 0.29) is 35.2 Å². The summed E-state index contributed by atoms with van der Waals surface area (Å²) in [7, 11) is 0. The van der Waals surface area contributed by atoms with Gasteiger partial charge in [0.1, 0.15) is 17.2 Å². The average Bonchev–Trinajstić information content (AvgIpc) is 3.43. The number of nitrogens with two attached hydrogens (primary N) is 1. The fourth-order valence-electron chi connectivity index (χ4n) is 7.18. The summed E-state index contributed by atoms with van der Waals surface area (Å²) in [5, 5.41) is 64.4. The van der Waals surface area contributed by atoms with Crippen LogP contribution in [-0.2, 0) is 19.6 Å². The molecule has 21 heteroatoms. The SMILES string of the molecule is Cc1ccc(Sc2ccc([N+](=O)[O-])cc2CNc2cc(Cl)ccc2O)cc1.Nc1ccc(Sc2ccc(Cl)cc2)c(CNc2cc(Cl)ccc2O)c1.O=[N+]([O-])c1ccc(Sc2ccc(Cl)cc2)c(CNc2cc(Cl)ccc2O)c1. The van der Waals surface area contributed by atoms with E-state index < -0.39 is 9.85 Å². The quantitative estimate of drug-likeness (QED) is 0.0196. The normalized spacial score (nSPS) is 10.6. The number of aromatic hydroxyl groups is 3. The van der Waals surface area contributed by atoms with Gasteiger partial charge in [-0.15, -0.1) is 0 Å². The van der Waals surface area contributed by atoms with Gasteiger partial charge in [0.2, 0.25) is 0 Å². The first-order valence-corrected chi connectivity index (χ1v) is 27.9. The number of aryl methyl sites for hydroxylation is 1. The van der Waals surface area contributed by atoms with Gasteiger partial charge in [-0.2, -0.15) is 0 Å². The van der Waals surface area contributed by atoms with Crippen LogP contribution < -0.4 is 21.7 Å². The number of benzene rings is 9. The molecular weight excluding hydrogens is 1170 g/mol. The number of nitrogens with zero attached hydrogens (tertiary/aromatic N) is 2. The molecule has 404 valence electrons. The number of hydrogen-bond donors (Lipinski definition) is 7. The molecule has 0 fully saturated rings. The van der Waals surface area contributed by atoms with Crippen LogP contribution in [0.2, 0.25) is 25.1 Å². The molecule has 0 heterocycles. The maximum Gasteiger partial charge on any atom is 0.269 e. The van der Waals surface area contributed by atoms with Crippen molar-refractivity contribution in [3.05, 3.63) is 250 Å². The Morgan fingerprint density at radius 2 is 0.722 bits per heavy atom. The molecule has 0 aliphatic heterocycles. The lowest BCUT2D eigenvalue weighted by Crippen LogP contribution is -2.02. The number of nitro benzene ring substituents is 2. The van der Waals surface area contributed by atoms with Crippen LogP contribution in [-0.4, -0.2) is 25.2 Å². The topological polar surface area (TPSA) is 209 Å². The van der Waals surface area contributed by atoms with E-state index in [0.717, 1.165) is 46.1 Å². The highest BCUT2D eigenvalue weighted by Crippen LogP contribution is 2.38. The van der Waals surface area contributed by atoms with Gasteiger partial charge < -0.3 is 37.0 Å². The lowest BCUT2D eigenvalue weighted by molar-refractivity contribution is -0.385. The maximum atomic E-state index is 11.2. The standard InChI is InChI=1S/C20H17ClN2O3S.C19H14Cl2N2O3S.C19H16Cl2N2OS/c1-13-2-6-17(7-3-13)27-20-9-5-16(23(25)26)10-14(20)12-22-18-11-15(21)4-8-19(18)24;20-13-1-5-16(6-2-13)27-19-8-4-15(23(25)26)9-12(19)11-22-17-10-14(21)3-7-18(17)24;20-13-1-5-16(6-2-13)25-19-8-4-15(22)9-12(19)11-23-17-10-14(21)3-7-18(17)24/h2-11,22,24H,12H2,1H3;1-10,22,24H,11H2;1-10,23-24H,11,22H2. The molecule has 0 amide bonds. The third-order valence-electron chi connectivity index (χ3n) is 11.2. The number of nitrogen functional groups attached to an aromatic ring is 1. The van der Waals surface area contributed by atoms with Gasteiger partial charge in [0, 0.05) is 104 Å². The summed E-state index contributed by atoms with van der Waals surface area (Å²) in [6.07, 6.45) is 0. The number of phenols is 3. The lowest BCUT2D eigenvalue weighted by Gasteiger charge is -2.13. The minimum Gasteiger partial charge on any atom is -0.506 e. The van der Waals surface area contributed by atoms with Crippen molar-refractivity contribution >= 4 is 127 Å². The van der Waals surface area contributed by atoms with Crippen molar-refractivity contribution in [2.75, 3.05) is 21.7 Å². The summed E-state index contributed by atoms with van der Waals surface area (Å²) < 4.78 is 0. The first-order chi connectivity index (χ1) is 37.8. The van der Waals surface area contributed by atoms with E-state index in [4.69, 9.17) is 63.7 Å². The van der Waals surface area contributed by atoms with Crippen LogP contribution in [0.25, 0.3) is 0 Å². The van der Waals surface area contributed by atoms with E-state index in [9.17, 15) is 35.5 Å². The van der Waals surface area contributed by atoms with Gasteiger partial charge in [-0.25, -0.2) is 0 Å². The van der Waals surface area contributed by atoms with Crippen LogP contribution in [0.15, 0.2) is 211 Å². The Morgan fingerprint density at radius 1 is 0.418 bits per heavy atom. The van der Waals surface area contributed by atoms with Gasteiger partial charge in [-0.3, -0.25) is 20.2 Å². The zero-order chi connectivity index (χ0) is 56.6. The molecule has 0 aliphatic rings. The molecule has 9 aromatic rings. The van der Waals surface area contributed by atoms with Gasteiger partial charge in [-0.05, 0) is 169 Å². The predicted molar refractivity (Wildman–Crippen MR) is 325 cm³/mol. The summed E-state index contributed by atoms with van der Waals surface area (Å²) in [6, 6.07) is 52.7. The van der Waals surface area contributed by atoms with Gasteiger partial charge in [0.05, 0.1) is 26.9 Å². The molecule has 79 heavy (non-hydrogen) atoms. The van der Waals surface area contributed by atoms with Crippen molar-refractivity contribution in [3.8, 4) is 17.2 Å². The Labute approximate surface area is 493 Å². The molecule has 9 aromatic carbocycles. The van der Waals surface area contributed by atoms with E-state index in [1.54, 1.807) is 84.6 Å². The Morgan fingerprint density at radius 3 is 1.06 bits per heavy atom. The Balaban J connectivity index is 0.000000172. The fourth-order valence-corrected chi connectivity index (χ4v) is 10.7. The summed E-state index contributed by atoms with van der Waals surface area (Å²) in [5.74, 6) is 0.273. The molecular formula is C58H47Cl5N6O7S3. The monoisotopic (exact) mass is 1210 g/mol. The van der Waals surface area contributed by atoms with Gasteiger partial charge in [0.25, 0.3) is 11.4 Å². The highest BCUT2D eigenvalue weighted by atomic mass is 35.5. The molecule has 0 radical (unpaired) electrons. The van der Waals surface area contributed by atoms with Crippen LogP contribution in [0.4, 0.5) is 34.1 Å². The van der Waals surface area contributed by atoms with Crippen LogP contribution in [0.5, 0.6) is 17.2 Å². The molecule has 0 unspecified atom stereocenters. The van der Waals surface area contributed by atoms with Gasteiger partial charge in [-0.1, -0.05) is 111 Å². The Kier molecular flexibility index (Phi) is 21.6. The second-order valence-corrected chi connectivity index (χ2v) is 22.6. The smallest absolute Gasteiger partial charge is 0.269 e. The number of halogens is 5. The number of nitro groups is 2. The van der Waals surface area contributed by atoms with E-state index in [1.165, 1.54) is 59.4 Å². The summed E-state index contributed by atoms with van der Waals surface area (Å²) >= 11 is 34.4. The molecule has 0 spiro atoms. The zero-order valence-electron chi connectivity index (χ0n) is 41.5. The molecule has 0 bridgehead atoms. The van der Waals surface area contributed by atoms with E-state index in [1.807, 2.05) is 85.8 Å². The number of hydrogen-bond acceptors (Lipinski definition) is 14. The highest BCUT2D eigenvalue weighted by Gasteiger charge is 2.16. The van der Waals surface area contributed by atoms with Crippen LogP contribution in [0.1, 0.15) is 22.3 Å².